The number of hydrogen-bond donors (Lipinski definition) is 1. The summed E-state index contributed by atoms with van der Waals surface area (Å²) in [7, 11) is 0. The first-order valence-corrected chi connectivity index (χ1v) is 8.14. The molecule has 2 heterocycles. The molecule has 1 N–H and O–H groups in total. The van der Waals surface area contributed by atoms with Gasteiger partial charge in [0.25, 0.3) is 5.69 Å². The molecule has 1 aromatic carbocycles. The first-order chi connectivity index (χ1) is 12.2. The van der Waals surface area contributed by atoms with Crippen LogP contribution >= 0.6 is 0 Å². The molecule has 1 aromatic heterocycles. The van der Waals surface area contributed by atoms with Gasteiger partial charge < -0.3 is 10.1 Å². The molecule has 0 unspecified atom stereocenters. The molecule has 1 saturated heterocycles. The minimum absolute atomic E-state index is 0.00830. The highest BCUT2D eigenvalue weighted by molar-refractivity contribution is 5.55. The van der Waals surface area contributed by atoms with E-state index in [1.165, 1.54) is 6.07 Å². The second-order valence-electron chi connectivity index (χ2n) is 5.94. The van der Waals surface area contributed by atoms with Gasteiger partial charge in [-0.25, -0.2) is 4.98 Å². The van der Waals surface area contributed by atoms with Gasteiger partial charge in [0.1, 0.15) is 23.6 Å². The van der Waals surface area contributed by atoms with Crippen molar-refractivity contribution in [3.63, 3.8) is 0 Å². The van der Waals surface area contributed by atoms with Crippen LogP contribution in [-0.4, -0.2) is 23.1 Å². The standard InChI is InChI=1S/C18H18N4O3/c19-10-15-9-16(22(23)24)12-21-18(15)20-11-14-7-4-8-25-17(14)13-5-2-1-3-6-13/h1-3,5-6,9,12,14,17H,4,7-8,11H2,(H,20,21)/t14-,17+/m1/s1. The number of anilines is 1. The molecule has 2 aromatic rings. The Morgan fingerprint density at radius 1 is 1.40 bits per heavy atom. The second kappa shape index (κ2) is 7.73. The van der Waals surface area contributed by atoms with Crippen LogP contribution in [0.4, 0.5) is 11.5 Å². The van der Waals surface area contributed by atoms with Crippen LogP contribution in [0.2, 0.25) is 0 Å². The lowest BCUT2D eigenvalue weighted by Gasteiger charge is -2.32. The summed E-state index contributed by atoms with van der Waals surface area (Å²) in [5, 5.41) is 23.2. The molecule has 3 rings (SSSR count). The van der Waals surface area contributed by atoms with Gasteiger partial charge in [0.05, 0.1) is 11.0 Å². The average Bonchev–Trinajstić information content (AvgIpc) is 2.67. The van der Waals surface area contributed by atoms with Gasteiger partial charge in [-0.2, -0.15) is 5.26 Å². The number of benzene rings is 1. The molecule has 1 aliphatic rings. The summed E-state index contributed by atoms with van der Waals surface area (Å²) in [4.78, 5) is 14.3. The molecule has 7 heteroatoms. The minimum atomic E-state index is -0.558. The van der Waals surface area contributed by atoms with Crippen LogP contribution in [0.25, 0.3) is 0 Å². The molecule has 1 fully saturated rings. The zero-order valence-electron chi connectivity index (χ0n) is 13.6. The summed E-state index contributed by atoms with van der Waals surface area (Å²) in [5.74, 6) is 0.602. The maximum Gasteiger partial charge on any atom is 0.289 e. The van der Waals surface area contributed by atoms with Gasteiger partial charge in [-0.05, 0) is 18.4 Å². The summed E-state index contributed by atoms with van der Waals surface area (Å²) in [6.45, 7) is 1.31. The molecule has 128 valence electrons. The number of nitrogens with zero attached hydrogens (tertiary/aromatic N) is 3. The lowest BCUT2D eigenvalue weighted by Crippen LogP contribution is -2.28. The molecular formula is C18H18N4O3. The fraction of sp³-hybridized carbons (Fsp3) is 0.333. The number of pyridine rings is 1. The lowest BCUT2D eigenvalue weighted by molar-refractivity contribution is -0.385. The van der Waals surface area contributed by atoms with Crippen LogP contribution in [0.3, 0.4) is 0 Å². The fourth-order valence-corrected chi connectivity index (χ4v) is 3.07. The molecule has 0 aliphatic carbocycles. The molecule has 0 radical (unpaired) electrons. The average molecular weight is 338 g/mol. The summed E-state index contributed by atoms with van der Waals surface area (Å²) in [6.07, 6.45) is 3.14. The SMILES string of the molecule is N#Cc1cc([N+](=O)[O-])cnc1NC[C@H]1CCCO[C@H]1c1ccccc1. The topological polar surface area (TPSA) is 101 Å². The molecule has 0 spiro atoms. The van der Waals surface area contributed by atoms with E-state index in [9.17, 15) is 15.4 Å². The maximum atomic E-state index is 10.8. The zero-order chi connectivity index (χ0) is 17.6. The van der Waals surface area contributed by atoms with Gasteiger partial charge >= 0.3 is 0 Å². The van der Waals surface area contributed by atoms with Crippen molar-refractivity contribution in [3.05, 3.63) is 63.8 Å². The van der Waals surface area contributed by atoms with Crippen LogP contribution in [0.5, 0.6) is 0 Å². The van der Waals surface area contributed by atoms with E-state index >= 15 is 0 Å². The maximum absolute atomic E-state index is 10.8. The van der Waals surface area contributed by atoms with Gasteiger partial charge in [0.2, 0.25) is 0 Å². The van der Waals surface area contributed by atoms with Gasteiger partial charge in [-0.15, -0.1) is 0 Å². The van der Waals surface area contributed by atoms with Gasteiger partial charge in [-0.3, -0.25) is 10.1 Å². The predicted octanol–water partition coefficient (Wildman–Crippen LogP) is 3.44. The van der Waals surface area contributed by atoms with Gasteiger partial charge in [0.15, 0.2) is 0 Å². The third-order valence-electron chi connectivity index (χ3n) is 4.31. The van der Waals surface area contributed by atoms with Crippen molar-refractivity contribution in [2.24, 2.45) is 5.92 Å². The van der Waals surface area contributed by atoms with E-state index in [0.717, 1.165) is 31.2 Å². The highest BCUT2D eigenvalue weighted by Gasteiger charge is 2.27. The molecule has 7 nitrogen and oxygen atoms in total. The summed E-state index contributed by atoms with van der Waals surface area (Å²) in [5.41, 5.74) is 1.11. The first kappa shape index (κ1) is 16.9. The van der Waals surface area contributed by atoms with Crippen molar-refractivity contribution in [3.8, 4) is 6.07 Å². The predicted molar refractivity (Wildman–Crippen MR) is 92.0 cm³/mol. The number of nitrogens with one attached hydrogen (secondary N) is 1. The molecule has 0 bridgehead atoms. The minimum Gasteiger partial charge on any atom is -0.373 e. The summed E-state index contributed by atoms with van der Waals surface area (Å²) < 4.78 is 5.96. The second-order valence-corrected chi connectivity index (χ2v) is 5.94. The normalized spacial score (nSPS) is 19.8. The summed E-state index contributed by atoms with van der Waals surface area (Å²) >= 11 is 0. The number of aromatic nitrogens is 1. The van der Waals surface area contributed by atoms with Crippen molar-refractivity contribution >= 4 is 11.5 Å². The van der Waals surface area contributed by atoms with E-state index in [4.69, 9.17) is 4.74 Å². The number of rotatable bonds is 5. The Hall–Kier alpha value is -2.98. The Kier molecular flexibility index (Phi) is 5.21. The van der Waals surface area contributed by atoms with Crippen LogP contribution in [0.15, 0.2) is 42.6 Å². The third kappa shape index (κ3) is 3.92. The van der Waals surface area contributed by atoms with Crippen molar-refractivity contribution < 1.29 is 9.66 Å². The highest BCUT2D eigenvalue weighted by Crippen LogP contribution is 2.33. The van der Waals surface area contributed by atoms with Crippen LogP contribution in [-0.2, 0) is 4.74 Å². The quantitative estimate of drug-likeness (QED) is 0.662. The molecule has 1 aliphatic heterocycles. The molecule has 0 saturated carbocycles. The van der Waals surface area contributed by atoms with Crippen LogP contribution in [0, 0.1) is 27.4 Å². The largest absolute Gasteiger partial charge is 0.373 e. The Bertz CT molecular complexity index is 789. The van der Waals surface area contributed by atoms with E-state index in [-0.39, 0.29) is 23.3 Å². The monoisotopic (exact) mass is 338 g/mol. The molecular weight excluding hydrogens is 320 g/mol. The molecule has 0 amide bonds. The van der Waals surface area contributed by atoms with E-state index in [1.54, 1.807) is 0 Å². The number of hydrogen-bond acceptors (Lipinski definition) is 6. The molecule has 2 atom stereocenters. The van der Waals surface area contributed by atoms with Crippen molar-refractivity contribution in [1.29, 1.82) is 5.26 Å². The Morgan fingerprint density at radius 2 is 2.20 bits per heavy atom. The van der Waals surface area contributed by atoms with Gasteiger partial charge in [-0.1, -0.05) is 30.3 Å². The molecule has 25 heavy (non-hydrogen) atoms. The van der Waals surface area contributed by atoms with Crippen molar-refractivity contribution in [2.45, 2.75) is 18.9 Å². The van der Waals surface area contributed by atoms with Crippen LogP contribution < -0.4 is 5.32 Å². The van der Waals surface area contributed by atoms with E-state index in [1.807, 2.05) is 36.4 Å². The van der Waals surface area contributed by atoms with E-state index in [0.29, 0.717) is 12.4 Å². The first-order valence-electron chi connectivity index (χ1n) is 8.14. The fourth-order valence-electron chi connectivity index (χ4n) is 3.07. The van der Waals surface area contributed by atoms with Crippen molar-refractivity contribution in [1.82, 2.24) is 4.98 Å². The number of nitriles is 1. The van der Waals surface area contributed by atoms with Crippen molar-refractivity contribution in [2.75, 3.05) is 18.5 Å². The highest BCUT2D eigenvalue weighted by atomic mass is 16.6. The zero-order valence-corrected chi connectivity index (χ0v) is 13.6. The smallest absolute Gasteiger partial charge is 0.289 e. The Morgan fingerprint density at radius 3 is 2.92 bits per heavy atom. The third-order valence-corrected chi connectivity index (χ3v) is 4.31. The summed E-state index contributed by atoms with van der Waals surface area (Å²) in [6, 6.07) is 13.2. The number of ether oxygens (including phenoxy) is 1. The Labute approximate surface area is 145 Å². The lowest BCUT2D eigenvalue weighted by atomic mass is 9.89. The number of nitro groups is 1. The van der Waals surface area contributed by atoms with Crippen LogP contribution in [0.1, 0.15) is 30.1 Å². The van der Waals surface area contributed by atoms with Gasteiger partial charge in [0, 0.05) is 25.1 Å². The Balaban J connectivity index is 1.73. The van der Waals surface area contributed by atoms with E-state index in [2.05, 4.69) is 10.3 Å². The van der Waals surface area contributed by atoms with E-state index < -0.39 is 4.92 Å².